The number of H-pyrrole nitrogens is 1. The van der Waals surface area contributed by atoms with E-state index in [4.69, 9.17) is 16.1 Å². The summed E-state index contributed by atoms with van der Waals surface area (Å²) >= 11 is 5.87. The molecule has 0 saturated heterocycles. The van der Waals surface area contributed by atoms with Crippen molar-refractivity contribution in [3.63, 3.8) is 0 Å². The molecule has 0 amide bonds. The monoisotopic (exact) mass is 329 g/mol. The number of hydrogen-bond donors (Lipinski definition) is 2. The molecule has 3 rings (SSSR count). The third-order valence-electron chi connectivity index (χ3n) is 3.62. The van der Waals surface area contributed by atoms with Gasteiger partial charge in [-0.05, 0) is 37.6 Å². The first kappa shape index (κ1) is 15.4. The van der Waals surface area contributed by atoms with Gasteiger partial charge in [0.05, 0.1) is 5.69 Å². The van der Waals surface area contributed by atoms with Crippen LogP contribution in [0.5, 0.6) is 0 Å². The van der Waals surface area contributed by atoms with Crippen molar-refractivity contribution in [1.82, 2.24) is 10.1 Å². The number of pyridine rings is 1. The van der Waals surface area contributed by atoms with Crippen molar-refractivity contribution >= 4 is 17.3 Å². The molecule has 0 atom stereocenters. The second-order valence-corrected chi connectivity index (χ2v) is 5.75. The summed E-state index contributed by atoms with van der Waals surface area (Å²) in [5.41, 5.74) is 3.91. The van der Waals surface area contributed by atoms with Crippen molar-refractivity contribution in [2.45, 2.75) is 20.4 Å². The highest BCUT2D eigenvalue weighted by Gasteiger charge is 2.13. The van der Waals surface area contributed by atoms with Crippen LogP contribution in [0.3, 0.4) is 0 Å². The summed E-state index contributed by atoms with van der Waals surface area (Å²) < 4.78 is 5.19. The third-order valence-corrected chi connectivity index (χ3v) is 3.87. The van der Waals surface area contributed by atoms with E-state index in [1.807, 2.05) is 38.1 Å². The molecule has 0 saturated carbocycles. The predicted molar refractivity (Wildman–Crippen MR) is 90.8 cm³/mol. The van der Waals surface area contributed by atoms with Crippen LogP contribution < -0.4 is 10.9 Å². The van der Waals surface area contributed by atoms with E-state index in [9.17, 15) is 4.79 Å². The lowest BCUT2D eigenvalue weighted by molar-refractivity contribution is 0.393. The van der Waals surface area contributed by atoms with Crippen LogP contribution in [-0.4, -0.2) is 10.1 Å². The molecule has 118 valence electrons. The number of nitrogens with zero attached hydrogens (tertiary/aromatic N) is 1. The van der Waals surface area contributed by atoms with Crippen molar-refractivity contribution < 1.29 is 4.52 Å². The summed E-state index contributed by atoms with van der Waals surface area (Å²) in [6, 6.07) is 9.29. The van der Waals surface area contributed by atoms with Crippen LogP contribution in [0.25, 0.3) is 11.1 Å². The molecular formula is C17H16ClN3O2. The molecule has 23 heavy (non-hydrogen) atoms. The lowest BCUT2D eigenvalue weighted by atomic mass is 10.1. The van der Waals surface area contributed by atoms with Crippen LogP contribution >= 0.6 is 11.6 Å². The Labute approximate surface area is 138 Å². The highest BCUT2D eigenvalue weighted by atomic mass is 35.5. The molecule has 0 spiro atoms. The Balaban J connectivity index is 1.86. The molecule has 0 aliphatic carbocycles. The van der Waals surface area contributed by atoms with E-state index < -0.39 is 0 Å². The van der Waals surface area contributed by atoms with Crippen molar-refractivity contribution in [2.75, 3.05) is 5.32 Å². The van der Waals surface area contributed by atoms with Crippen molar-refractivity contribution in [2.24, 2.45) is 0 Å². The average Bonchev–Trinajstić information content (AvgIpc) is 2.87. The molecule has 0 aliphatic heterocycles. The van der Waals surface area contributed by atoms with Gasteiger partial charge in [-0.2, -0.15) is 0 Å². The SMILES string of the molecule is Cc1noc(C)c1-c1c[nH]c(=O)c(NCc2ccc(Cl)cc2)c1. The fraction of sp³-hybridized carbons (Fsp3) is 0.176. The Morgan fingerprint density at radius 3 is 2.65 bits per heavy atom. The Hall–Kier alpha value is -2.53. The van der Waals surface area contributed by atoms with Gasteiger partial charge in [0.25, 0.3) is 5.56 Å². The number of aromatic amines is 1. The minimum atomic E-state index is -0.172. The van der Waals surface area contributed by atoms with Crippen LogP contribution in [-0.2, 0) is 6.54 Å². The average molecular weight is 330 g/mol. The Bertz CT molecular complexity index is 862. The van der Waals surface area contributed by atoms with Crippen molar-refractivity contribution in [1.29, 1.82) is 0 Å². The largest absolute Gasteiger partial charge is 0.376 e. The van der Waals surface area contributed by atoms with Gasteiger partial charge >= 0.3 is 0 Å². The Morgan fingerprint density at radius 1 is 1.26 bits per heavy atom. The number of aryl methyl sites for hydroxylation is 2. The lowest BCUT2D eigenvalue weighted by Gasteiger charge is -2.08. The standard InChI is InChI=1S/C17H16ClN3O2/c1-10-16(11(2)23-21-10)13-7-15(17(22)20-9-13)19-8-12-3-5-14(18)6-4-12/h3-7,9,19H,8H2,1-2H3,(H,20,22). The maximum absolute atomic E-state index is 12.0. The normalized spacial score (nSPS) is 10.7. The zero-order valence-corrected chi connectivity index (χ0v) is 13.6. The highest BCUT2D eigenvalue weighted by Crippen LogP contribution is 2.27. The number of benzene rings is 1. The smallest absolute Gasteiger partial charge is 0.271 e. The number of nitrogens with one attached hydrogen (secondary N) is 2. The van der Waals surface area contributed by atoms with E-state index in [2.05, 4.69) is 15.5 Å². The van der Waals surface area contributed by atoms with E-state index in [1.54, 1.807) is 12.3 Å². The summed E-state index contributed by atoms with van der Waals surface area (Å²) in [6.07, 6.45) is 1.67. The molecule has 0 unspecified atom stereocenters. The molecule has 1 aromatic carbocycles. The first-order valence-electron chi connectivity index (χ1n) is 7.19. The second-order valence-electron chi connectivity index (χ2n) is 5.31. The fourth-order valence-corrected chi connectivity index (χ4v) is 2.58. The summed E-state index contributed by atoms with van der Waals surface area (Å²) in [5, 5.41) is 7.79. The third kappa shape index (κ3) is 3.29. The van der Waals surface area contributed by atoms with Crippen LogP contribution in [0.15, 0.2) is 45.8 Å². The van der Waals surface area contributed by atoms with Gasteiger partial charge in [-0.1, -0.05) is 28.9 Å². The summed E-state index contributed by atoms with van der Waals surface area (Å²) in [4.78, 5) is 14.8. The molecular weight excluding hydrogens is 314 g/mol. The maximum Gasteiger partial charge on any atom is 0.271 e. The van der Waals surface area contributed by atoms with Gasteiger partial charge in [0.15, 0.2) is 0 Å². The summed E-state index contributed by atoms with van der Waals surface area (Å²) in [5.74, 6) is 0.721. The molecule has 0 fully saturated rings. The first-order chi connectivity index (χ1) is 11.0. The van der Waals surface area contributed by atoms with Crippen LogP contribution in [0.1, 0.15) is 17.0 Å². The van der Waals surface area contributed by atoms with Gasteiger partial charge in [0.2, 0.25) is 0 Å². The lowest BCUT2D eigenvalue weighted by Crippen LogP contribution is -2.13. The van der Waals surface area contributed by atoms with Gasteiger partial charge in [-0.15, -0.1) is 0 Å². The fourth-order valence-electron chi connectivity index (χ4n) is 2.45. The van der Waals surface area contributed by atoms with Crippen LogP contribution in [0, 0.1) is 13.8 Å². The number of anilines is 1. The predicted octanol–water partition coefficient (Wildman–Crippen LogP) is 3.91. The minimum Gasteiger partial charge on any atom is -0.376 e. The van der Waals surface area contributed by atoms with Gasteiger partial charge in [0, 0.05) is 28.9 Å². The van der Waals surface area contributed by atoms with Gasteiger partial charge < -0.3 is 14.8 Å². The molecule has 0 aliphatic rings. The van der Waals surface area contributed by atoms with Crippen molar-refractivity contribution in [3.05, 3.63) is 68.9 Å². The number of halogens is 1. The second kappa shape index (κ2) is 6.30. The van der Waals surface area contributed by atoms with Crippen LogP contribution in [0.2, 0.25) is 5.02 Å². The molecule has 2 N–H and O–H groups in total. The van der Waals surface area contributed by atoms with Gasteiger partial charge in [-0.25, -0.2) is 0 Å². The van der Waals surface area contributed by atoms with E-state index >= 15 is 0 Å². The Kier molecular flexibility index (Phi) is 4.21. The van der Waals surface area contributed by atoms with E-state index in [0.29, 0.717) is 17.3 Å². The zero-order chi connectivity index (χ0) is 16.4. The van der Waals surface area contributed by atoms with Crippen molar-refractivity contribution in [3.8, 4) is 11.1 Å². The first-order valence-corrected chi connectivity index (χ1v) is 7.56. The van der Waals surface area contributed by atoms with E-state index in [-0.39, 0.29) is 5.56 Å². The molecule has 0 radical (unpaired) electrons. The topological polar surface area (TPSA) is 70.9 Å². The molecule has 5 nitrogen and oxygen atoms in total. The van der Waals surface area contributed by atoms with E-state index in [0.717, 1.165) is 28.1 Å². The molecule has 2 aromatic heterocycles. The molecule has 2 heterocycles. The summed E-state index contributed by atoms with van der Waals surface area (Å²) in [6.45, 7) is 4.25. The molecule has 0 bridgehead atoms. The van der Waals surface area contributed by atoms with Gasteiger partial charge in [-0.3, -0.25) is 4.79 Å². The minimum absolute atomic E-state index is 0.172. The Morgan fingerprint density at radius 2 is 2.00 bits per heavy atom. The molecule has 6 heteroatoms. The number of hydrogen-bond acceptors (Lipinski definition) is 4. The number of aromatic nitrogens is 2. The van der Waals surface area contributed by atoms with Gasteiger partial charge in [0.1, 0.15) is 11.4 Å². The summed E-state index contributed by atoms with van der Waals surface area (Å²) in [7, 11) is 0. The van der Waals surface area contributed by atoms with Crippen LogP contribution in [0.4, 0.5) is 5.69 Å². The maximum atomic E-state index is 12.0. The molecule has 3 aromatic rings. The quantitative estimate of drug-likeness (QED) is 0.761. The van der Waals surface area contributed by atoms with E-state index in [1.165, 1.54) is 0 Å². The zero-order valence-electron chi connectivity index (χ0n) is 12.8. The number of rotatable bonds is 4. The highest BCUT2D eigenvalue weighted by molar-refractivity contribution is 6.30.